The summed E-state index contributed by atoms with van der Waals surface area (Å²) in [5, 5.41) is 11.7. The maximum absolute atomic E-state index is 14.2. The van der Waals surface area contributed by atoms with Crippen LogP contribution in [0, 0.1) is 17.0 Å². The Labute approximate surface area is 265 Å². The predicted octanol–water partition coefficient (Wildman–Crippen LogP) is 6.07. The zero-order chi connectivity index (χ0) is 33.0. The average Bonchev–Trinajstić information content (AvgIpc) is 3.08. The summed E-state index contributed by atoms with van der Waals surface area (Å²) < 4.78 is 18.0. The van der Waals surface area contributed by atoms with E-state index in [9.17, 15) is 19.7 Å². The average molecular weight is 623 g/mol. The Morgan fingerprint density at radius 1 is 0.913 bits per heavy atom. The number of carbonyl (C=O) groups excluding carboxylic acids is 1. The van der Waals surface area contributed by atoms with Crippen molar-refractivity contribution in [3.05, 3.63) is 128 Å². The van der Waals surface area contributed by atoms with Crippen LogP contribution in [0.1, 0.15) is 40.3 Å². The summed E-state index contributed by atoms with van der Waals surface area (Å²) in [5.41, 5.74) is 2.59. The molecule has 0 saturated heterocycles. The van der Waals surface area contributed by atoms with Crippen LogP contribution in [0.3, 0.4) is 0 Å². The van der Waals surface area contributed by atoms with Crippen molar-refractivity contribution < 1.29 is 23.9 Å². The van der Waals surface area contributed by atoms with E-state index in [-0.39, 0.29) is 29.3 Å². The van der Waals surface area contributed by atoms with E-state index in [1.54, 1.807) is 55.5 Å². The third kappa shape index (κ3) is 6.25. The molecule has 0 aliphatic rings. The Bertz CT molecular complexity index is 1970. The molecule has 11 heteroatoms. The molecule has 0 saturated carbocycles. The van der Waals surface area contributed by atoms with Crippen molar-refractivity contribution in [1.29, 1.82) is 0 Å². The zero-order valence-corrected chi connectivity index (χ0v) is 26.2. The highest BCUT2D eigenvalue weighted by Gasteiger charge is 2.29. The highest BCUT2D eigenvalue weighted by atomic mass is 16.6. The lowest BCUT2D eigenvalue weighted by atomic mass is 10.1. The van der Waals surface area contributed by atoms with Crippen LogP contribution in [0.15, 0.2) is 89.7 Å². The van der Waals surface area contributed by atoms with Gasteiger partial charge in [0.25, 0.3) is 17.2 Å². The highest BCUT2D eigenvalue weighted by Crippen LogP contribution is 2.31. The molecule has 0 N–H and O–H groups in total. The van der Waals surface area contributed by atoms with Crippen molar-refractivity contribution in [2.75, 3.05) is 27.9 Å². The molecule has 0 bridgehead atoms. The van der Waals surface area contributed by atoms with Gasteiger partial charge in [-0.25, -0.2) is 4.98 Å². The summed E-state index contributed by atoms with van der Waals surface area (Å²) in [6, 6.07) is 22.8. The third-order valence-electron chi connectivity index (χ3n) is 7.89. The number of non-ortho nitro benzene ring substituents is 1. The van der Waals surface area contributed by atoms with Gasteiger partial charge in [0.15, 0.2) is 11.5 Å². The van der Waals surface area contributed by atoms with Crippen LogP contribution in [0.25, 0.3) is 16.6 Å². The predicted molar refractivity (Wildman–Crippen MR) is 174 cm³/mol. The molecule has 0 radical (unpaired) electrons. The van der Waals surface area contributed by atoms with E-state index in [1.807, 2.05) is 38.1 Å². The lowest BCUT2D eigenvalue weighted by Crippen LogP contribution is -2.38. The van der Waals surface area contributed by atoms with Crippen LogP contribution >= 0.6 is 0 Å². The third-order valence-corrected chi connectivity index (χ3v) is 7.89. The Kier molecular flexibility index (Phi) is 9.31. The molecule has 1 unspecified atom stereocenters. The molecule has 11 nitrogen and oxygen atoms in total. The Hall–Kier alpha value is -5.71. The van der Waals surface area contributed by atoms with Crippen LogP contribution in [0.5, 0.6) is 17.2 Å². The number of aromatic nitrogens is 2. The van der Waals surface area contributed by atoms with Gasteiger partial charge in [0, 0.05) is 24.2 Å². The standard InChI is InChI=1S/C35H34N4O7/c1-22-10-16-30(44-3)29(20-22)38-33(36-28-9-7-6-8-27(28)35(38)41)23(2)37(34(40)25-12-14-26(15-13-25)39(42)43)19-18-24-11-17-31(45-4)32(21-24)46-5/h6-17,20-21,23H,18-19H2,1-5H3. The normalized spacial score (nSPS) is 11.6. The number of carbonyl (C=O) groups is 1. The number of rotatable bonds is 11. The first kappa shape index (κ1) is 31.7. The van der Waals surface area contributed by atoms with E-state index in [1.165, 1.54) is 35.9 Å². The van der Waals surface area contributed by atoms with E-state index >= 15 is 0 Å². The van der Waals surface area contributed by atoms with Gasteiger partial charge >= 0.3 is 0 Å². The van der Waals surface area contributed by atoms with Crippen LogP contribution in [0.4, 0.5) is 5.69 Å². The summed E-state index contributed by atoms with van der Waals surface area (Å²) >= 11 is 0. The molecule has 0 spiro atoms. The van der Waals surface area contributed by atoms with Gasteiger partial charge in [0.05, 0.1) is 48.9 Å². The fourth-order valence-corrected chi connectivity index (χ4v) is 5.43. The fourth-order valence-electron chi connectivity index (χ4n) is 5.43. The summed E-state index contributed by atoms with van der Waals surface area (Å²) in [6.45, 7) is 3.95. The Balaban J connectivity index is 1.66. The number of fused-ring (bicyclic) bond motifs is 1. The van der Waals surface area contributed by atoms with Gasteiger partial charge in [0.2, 0.25) is 0 Å². The molecule has 0 fully saturated rings. The van der Waals surface area contributed by atoms with Crippen LogP contribution < -0.4 is 19.8 Å². The number of nitro benzene ring substituents is 1. The molecule has 1 heterocycles. The number of hydrogen-bond acceptors (Lipinski definition) is 8. The largest absolute Gasteiger partial charge is 0.495 e. The zero-order valence-electron chi connectivity index (χ0n) is 26.2. The second-order valence-electron chi connectivity index (χ2n) is 10.7. The lowest BCUT2D eigenvalue weighted by Gasteiger charge is -2.31. The highest BCUT2D eigenvalue weighted by molar-refractivity contribution is 5.94. The van der Waals surface area contributed by atoms with Gasteiger partial charge in [-0.05, 0) is 79.9 Å². The topological polar surface area (TPSA) is 126 Å². The first-order valence-electron chi connectivity index (χ1n) is 14.6. The number of nitrogens with zero attached hydrogens (tertiary/aromatic N) is 4. The second kappa shape index (κ2) is 13.5. The number of ether oxygens (including phenoxy) is 3. The van der Waals surface area contributed by atoms with Crippen molar-refractivity contribution in [1.82, 2.24) is 14.5 Å². The second-order valence-corrected chi connectivity index (χ2v) is 10.7. The van der Waals surface area contributed by atoms with Crippen molar-refractivity contribution in [2.24, 2.45) is 0 Å². The minimum Gasteiger partial charge on any atom is -0.495 e. The molecule has 0 aliphatic carbocycles. The molecule has 5 aromatic rings. The van der Waals surface area contributed by atoms with Crippen LogP contribution in [0.2, 0.25) is 0 Å². The minimum absolute atomic E-state index is 0.127. The smallest absolute Gasteiger partial charge is 0.269 e. The molecule has 5 rings (SSSR count). The van der Waals surface area contributed by atoms with Crippen molar-refractivity contribution in [3.63, 3.8) is 0 Å². The molecular formula is C35H34N4O7. The van der Waals surface area contributed by atoms with Gasteiger partial charge in [-0.15, -0.1) is 0 Å². The van der Waals surface area contributed by atoms with Crippen molar-refractivity contribution in [3.8, 4) is 22.9 Å². The Morgan fingerprint density at radius 2 is 1.59 bits per heavy atom. The molecule has 1 atom stereocenters. The van der Waals surface area contributed by atoms with Gasteiger partial charge in [-0.1, -0.05) is 24.3 Å². The Morgan fingerprint density at radius 3 is 2.26 bits per heavy atom. The van der Waals surface area contributed by atoms with Gasteiger partial charge in [0.1, 0.15) is 11.6 Å². The number of hydrogen-bond donors (Lipinski definition) is 0. The maximum Gasteiger partial charge on any atom is 0.269 e. The molecule has 1 aromatic heterocycles. The first-order chi connectivity index (χ1) is 22.2. The van der Waals surface area contributed by atoms with E-state index in [0.29, 0.717) is 46.1 Å². The quantitative estimate of drug-likeness (QED) is 0.128. The van der Waals surface area contributed by atoms with E-state index in [4.69, 9.17) is 19.2 Å². The van der Waals surface area contributed by atoms with Crippen LogP contribution in [-0.2, 0) is 6.42 Å². The van der Waals surface area contributed by atoms with Gasteiger partial charge in [-0.2, -0.15) is 0 Å². The van der Waals surface area contributed by atoms with E-state index in [2.05, 4.69) is 0 Å². The van der Waals surface area contributed by atoms with Crippen LogP contribution in [-0.4, -0.2) is 53.2 Å². The number of amides is 1. The maximum atomic E-state index is 14.2. The van der Waals surface area contributed by atoms with Gasteiger partial charge in [-0.3, -0.25) is 24.3 Å². The number of benzene rings is 4. The summed E-state index contributed by atoms with van der Waals surface area (Å²) in [4.78, 5) is 45.8. The van der Waals surface area contributed by atoms with E-state index < -0.39 is 11.0 Å². The summed E-state index contributed by atoms with van der Waals surface area (Å²) in [7, 11) is 4.64. The molecule has 0 aliphatic heterocycles. The number of nitro groups is 1. The lowest BCUT2D eigenvalue weighted by molar-refractivity contribution is -0.384. The number of para-hydroxylation sites is 1. The van der Waals surface area contributed by atoms with Crippen molar-refractivity contribution >= 4 is 22.5 Å². The monoisotopic (exact) mass is 622 g/mol. The SMILES string of the molecule is COc1ccc(CCN(C(=O)c2ccc([N+](=O)[O-])cc2)C(C)c2nc3ccccc3c(=O)n2-c2cc(C)ccc2OC)cc1OC. The molecule has 46 heavy (non-hydrogen) atoms. The number of methoxy groups -OCH3 is 3. The molecular weight excluding hydrogens is 588 g/mol. The summed E-state index contributed by atoms with van der Waals surface area (Å²) in [5.74, 6) is 1.55. The molecule has 4 aromatic carbocycles. The number of aryl methyl sites for hydroxylation is 1. The minimum atomic E-state index is -0.731. The van der Waals surface area contributed by atoms with E-state index in [0.717, 1.165) is 11.1 Å². The fraction of sp³-hybridized carbons (Fsp3) is 0.229. The first-order valence-corrected chi connectivity index (χ1v) is 14.6. The molecule has 236 valence electrons. The van der Waals surface area contributed by atoms with Crippen molar-refractivity contribution in [2.45, 2.75) is 26.3 Å². The summed E-state index contributed by atoms with van der Waals surface area (Å²) in [6.07, 6.45) is 0.426. The van der Waals surface area contributed by atoms with Gasteiger partial charge < -0.3 is 19.1 Å². The molecule has 1 amide bonds.